The van der Waals surface area contributed by atoms with E-state index in [2.05, 4.69) is 29.6 Å². The molecule has 0 saturated heterocycles. The predicted octanol–water partition coefficient (Wildman–Crippen LogP) is 2.38. The maximum atomic E-state index is 10.7. The van der Waals surface area contributed by atoms with Gasteiger partial charge in [0.05, 0.1) is 0 Å². The van der Waals surface area contributed by atoms with Crippen molar-refractivity contribution in [1.29, 1.82) is 0 Å². The van der Waals surface area contributed by atoms with Gasteiger partial charge in [-0.25, -0.2) is 4.79 Å². The van der Waals surface area contributed by atoms with Gasteiger partial charge in [0.25, 0.3) is 0 Å². The van der Waals surface area contributed by atoms with E-state index < -0.39 is 6.03 Å². The van der Waals surface area contributed by atoms with Crippen LogP contribution in [0.4, 0.5) is 4.79 Å². The average Bonchev–Trinajstić information content (AvgIpc) is 2.30. The van der Waals surface area contributed by atoms with Crippen LogP contribution in [0.1, 0.15) is 37.2 Å². The number of hydrogen-bond donors (Lipinski definition) is 2. The molecule has 1 fully saturated rings. The molecule has 0 spiro atoms. The lowest BCUT2D eigenvalue weighted by Gasteiger charge is -2.28. The Morgan fingerprint density at radius 3 is 2.31 bits per heavy atom. The summed E-state index contributed by atoms with van der Waals surface area (Å²) in [5.41, 5.74) is 6.54. The summed E-state index contributed by atoms with van der Waals surface area (Å²) in [5, 5.41) is 2.79. The predicted molar refractivity (Wildman–Crippen MR) is 64.2 cm³/mol. The number of carbonyl (C=O) groups excluding carboxylic acids is 1. The first-order valence-corrected chi connectivity index (χ1v) is 5.86. The second-order valence-electron chi connectivity index (χ2n) is 4.47. The first kappa shape index (κ1) is 11.0. The minimum Gasteiger partial charge on any atom is -0.352 e. The van der Waals surface area contributed by atoms with Gasteiger partial charge in [0.15, 0.2) is 0 Å². The number of benzene rings is 1. The molecule has 16 heavy (non-hydrogen) atoms. The summed E-state index contributed by atoms with van der Waals surface area (Å²) in [6, 6.07) is 10.5. The van der Waals surface area contributed by atoms with Gasteiger partial charge in [-0.3, -0.25) is 0 Å². The lowest BCUT2D eigenvalue weighted by atomic mass is 9.82. The molecule has 1 aromatic rings. The zero-order valence-electron chi connectivity index (χ0n) is 9.36. The van der Waals surface area contributed by atoms with Crippen molar-refractivity contribution in [3.8, 4) is 0 Å². The van der Waals surface area contributed by atoms with E-state index in [-0.39, 0.29) is 6.04 Å². The molecule has 0 aliphatic heterocycles. The molecule has 1 saturated carbocycles. The highest BCUT2D eigenvalue weighted by atomic mass is 16.2. The van der Waals surface area contributed by atoms with Crippen LogP contribution in [0.3, 0.4) is 0 Å². The van der Waals surface area contributed by atoms with Gasteiger partial charge < -0.3 is 11.1 Å². The summed E-state index contributed by atoms with van der Waals surface area (Å²) in [7, 11) is 0. The SMILES string of the molecule is NC(=O)NC1CCC(c2ccccc2)CC1. The monoisotopic (exact) mass is 218 g/mol. The Morgan fingerprint density at radius 1 is 1.12 bits per heavy atom. The number of nitrogens with one attached hydrogen (secondary N) is 1. The number of carbonyl (C=O) groups is 1. The van der Waals surface area contributed by atoms with E-state index >= 15 is 0 Å². The molecule has 0 atom stereocenters. The van der Waals surface area contributed by atoms with Crippen molar-refractivity contribution < 1.29 is 4.79 Å². The molecule has 2 amide bonds. The highest BCUT2D eigenvalue weighted by molar-refractivity contribution is 5.71. The van der Waals surface area contributed by atoms with Crippen molar-refractivity contribution in [2.45, 2.75) is 37.6 Å². The van der Waals surface area contributed by atoms with Crippen LogP contribution in [-0.4, -0.2) is 12.1 Å². The van der Waals surface area contributed by atoms with Crippen LogP contribution in [0.25, 0.3) is 0 Å². The van der Waals surface area contributed by atoms with Crippen LogP contribution in [0, 0.1) is 0 Å². The van der Waals surface area contributed by atoms with Crippen LogP contribution in [-0.2, 0) is 0 Å². The number of primary amides is 1. The summed E-state index contributed by atoms with van der Waals surface area (Å²) in [6.45, 7) is 0. The van der Waals surface area contributed by atoms with E-state index in [9.17, 15) is 4.79 Å². The fourth-order valence-electron chi connectivity index (χ4n) is 2.50. The van der Waals surface area contributed by atoms with Crippen LogP contribution in [0.2, 0.25) is 0 Å². The lowest BCUT2D eigenvalue weighted by Crippen LogP contribution is -2.40. The zero-order chi connectivity index (χ0) is 11.4. The van der Waals surface area contributed by atoms with Gasteiger partial charge in [-0.05, 0) is 37.2 Å². The minimum absolute atomic E-state index is 0.275. The molecular formula is C13H18N2O. The number of urea groups is 1. The van der Waals surface area contributed by atoms with Crippen LogP contribution in [0.5, 0.6) is 0 Å². The van der Waals surface area contributed by atoms with Gasteiger partial charge >= 0.3 is 6.03 Å². The Balaban J connectivity index is 1.88. The molecule has 0 bridgehead atoms. The van der Waals surface area contributed by atoms with Crippen LogP contribution >= 0.6 is 0 Å². The molecule has 0 aromatic heterocycles. The van der Waals surface area contributed by atoms with Crippen LogP contribution in [0.15, 0.2) is 30.3 Å². The van der Waals surface area contributed by atoms with Gasteiger partial charge in [0, 0.05) is 6.04 Å². The topological polar surface area (TPSA) is 55.1 Å². The molecule has 0 radical (unpaired) electrons. The largest absolute Gasteiger partial charge is 0.352 e. The van der Waals surface area contributed by atoms with E-state index in [1.807, 2.05) is 6.07 Å². The van der Waals surface area contributed by atoms with E-state index in [1.165, 1.54) is 5.56 Å². The van der Waals surface area contributed by atoms with Gasteiger partial charge in [0.2, 0.25) is 0 Å². The molecule has 86 valence electrons. The van der Waals surface area contributed by atoms with Crippen LogP contribution < -0.4 is 11.1 Å². The fourth-order valence-corrected chi connectivity index (χ4v) is 2.50. The molecule has 3 heteroatoms. The maximum absolute atomic E-state index is 10.7. The molecule has 1 aliphatic rings. The Labute approximate surface area is 96.0 Å². The fraction of sp³-hybridized carbons (Fsp3) is 0.462. The summed E-state index contributed by atoms with van der Waals surface area (Å²) in [5.74, 6) is 0.645. The minimum atomic E-state index is -0.400. The Kier molecular flexibility index (Phi) is 3.44. The molecule has 1 aromatic carbocycles. The third-order valence-electron chi connectivity index (χ3n) is 3.34. The molecular weight excluding hydrogens is 200 g/mol. The van der Waals surface area contributed by atoms with Gasteiger partial charge in [-0.15, -0.1) is 0 Å². The summed E-state index contributed by atoms with van der Waals surface area (Å²) < 4.78 is 0. The van der Waals surface area contributed by atoms with Crippen molar-refractivity contribution in [2.75, 3.05) is 0 Å². The first-order chi connectivity index (χ1) is 7.75. The number of nitrogens with two attached hydrogens (primary N) is 1. The standard InChI is InChI=1S/C13H18N2O/c14-13(16)15-12-8-6-11(7-9-12)10-4-2-1-3-5-10/h1-5,11-12H,6-9H2,(H3,14,15,16). The van der Waals surface area contributed by atoms with E-state index in [1.54, 1.807) is 0 Å². The van der Waals surface area contributed by atoms with Crippen molar-refractivity contribution in [3.63, 3.8) is 0 Å². The quantitative estimate of drug-likeness (QED) is 0.786. The van der Waals surface area contributed by atoms with E-state index in [4.69, 9.17) is 5.73 Å². The molecule has 0 heterocycles. The third-order valence-corrected chi connectivity index (χ3v) is 3.34. The third kappa shape index (κ3) is 2.75. The summed E-state index contributed by atoms with van der Waals surface area (Å²) >= 11 is 0. The van der Waals surface area contributed by atoms with Gasteiger partial charge in [-0.1, -0.05) is 30.3 Å². The Hall–Kier alpha value is -1.51. The van der Waals surface area contributed by atoms with Gasteiger partial charge in [0.1, 0.15) is 0 Å². The van der Waals surface area contributed by atoms with Crippen molar-refractivity contribution >= 4 is 6.03 Å². The Bertz CT molecular complexity index is 342. The molecule has 2 rings (SSSR count). The van der Waals surface area contributed by atoms with Crippen molar-refractivity contribution in [2.24, 2.45) is 5.73 Å². The number of amides is 2. The van der Waals surface area contributed by atoms with E-state index in [0.29, 0.717) is 5.92 Å². The molecule has 1 aliphatic carbocycles. The van der Waals surface area contributed by atoms with Crippen molar-refractivity contribution in [1.82, 2.24) is 5.32 Å². The number of rotatable bonds is 2. The van der Waals surface area contributed by atoms with Crippen molar-refractivity contribution in [3.05, 3.63) is 35.9 Å². The smallest absolute Gasteiger partial charge is 0.312 e. The highest BCUT2D eigenvalue weighted by Gasteiger charge is 2.22. The second kappa shape index (κ2) is 5.01. The highest BCUT2D eigenvalue weighted by Crippen LogP contribution is 2.32. The zero-order valence-corrected chi connectivity index (χ0v) is 9.36. The average molecular weight is 218 g/mol. The molecule has 3 N–H and O–H groups in total. The first-order valence-electron chi connectivity index (χ1n) is 5.86. The molecule has 3 nitrogen and oxygen atoms in total. The number of hydrogen-bond acceptors (Lipinski definition) is 1. The maximum Gasteiger partial charge on any atom is 0.312 e. The summed E-state index contributed by atoms with van der Waals surface area (Å²) in [6.07, 6.45) is 4.33. The second-order valence-corrected chi connectivity index (χ2v) is 4.47. The summed E-state index contributed by atoms with van der Waals surface area (Å²) in [4.78, 5) is 10.7. The normalized spacial score (nSPS) is 25.0. The molecule has 0 unspecified atom stereocenters. The van der Waals surface area contributed by atoms with E-state index in [0.717, 1.165) is 25.7 Å². The lowest BCUT2D eigenvalue weighted by molar-refractivity contribution is 0.239. The van der Waals surface area contributed by atoms with Gasteiger partial charge in [-0.2, -0.15) is 0 Å². The Morgan fingerprint density at radius 2 is 1.75 bits per heavy atom.